The maximum absolute atomic E-state index is 12.5. The molecule has 0 aliphatic carbocycles. The number of rotatable bonds is 7. The molecule has 2 aromatic heterocycles. The molecule has 0 saturated carbocycles. The van der Waals surface area contributed by atoms with Crippen molar-refractivity contribution in [3.63, 3.8) is 0 Å². The van der Waals surface area contributed by atoms with Crippen molar-refractivity contribution in [2.24, 2.45) is 5.92 Å². The van der Waals surface area contributed by atoms with Gasteiger partial charge in [0, 0.05) is 17.8 Å². The molecule has 0 bridgehead atoms. The molecule has 0 aliphatic heterocycles. The van der Waals surface area contributed by atoms with E-state index in [9.17, 15) is 22.8 Å². The van der Waals surface area contributed by atoms with Crippen LogP contribution >= 0.6 is 11.3 Å². The molecule has 0 aliphatic rings. The van der Waals surface area contributed by atoms with Gasteiger partial charge in [-0.05, 0) is 25.0 Å². The van der Waals surface area contributed by atoms with Crippen LogP contribution in [0.3, 0.4) is 0 Å². The van der Waals surface area contributed by atoms with Crippen molar-refractivity contribution in [3.05, 3.63) is 22.9 Å². The lowest BCUT2D eigenvalue weighted by molar-refractivity contribution is -0.159. The maximum Gasteiger partial charge on any atom is 0.471 e. The van der Waals surface area contributed by atoms with E-state index in [4.69, 9.17) is 0 Å². The number of hydrogen-bond acceptors (Lipinski definition) is 6. The number of thiophene rings is 1. The van der Waals surface area contributed by atoms with Gasteiger partial charge in [0.15, 0.2) is 0 Å². The first-order valence-electron chi connectivity index (χ1n) is 7.93. The second-order valence-electron chi connectivity index (χ2n) is 6.03. The van der Waals surface area contributed by atoms with E-state index >= 15 is 0 Å². The average Bonchev–Trinajstić information content (AvgIpc) is 3.19. The van der Waals surface area contributed by atoms with Gasteiger partial charge in [-0.15, -0.1) is 11.3 Å². The molecule has 6 nitrogen and oxygen atoms in total. The molecule has 2 heterocycles. The van der Waals surface area contributed by atoms with Crippen molar-refractivity contribution < 1.29 is 27.3 Å². The third kappa shape index (κ3) is 4.90. The number of carbonyl (C=O) groups excluding carboxylic acids is 2. The van der Waals surface area contributed by atoms with Gasteiger partial charge in [-0.3, -0.25) is 9.59 Å². The number of amides is 1. The second kappa shape index (κ2) is 7.98. The Morgan fingerprint density at radius 2 is 2.00 bits per heavy atom. The zero-order valence-electron chi connectivity index (χ0n) is 14.5. The first kappa shape index (κ1) is 20.1. The van der Waals surface area contributed by atoms with Crippen molar-refractivity contribution in [3.8, 4) is 10.7 Å². The van der Waals surface area contributed by atoms with Crippen LogP contribution in [-0.4, -0.2) is 33.3 Å². The van der Waals surface area contributed by atoms with Crippen molar-refractivity contribution in [2.45, 2.75) is 39.9 Å². The molecule has 10 heteroatoms. The first-order chi connectivity index (χ1) is 12.1. The van der Waals surface area contributed by atoms with Crippen LogP contribution < -0.4 is 0 Å². The number of nitrogens with zero attached hydrogens (tertiary/aromatic N) is 3. The molecule has 0 saturated heterocycles. The Bertz CT molecular complexity index is 783. The highest BCUT2D eigenvalue weighted by molar-refractivity contribution is 7.15. The topological polar surface area (TPSA) is 76.3 Å². The van der Waals surface area contributed by atoms with E-state index < -0.39 is 23.8 Å². The molecule has 0 N–H and O–H groups in total. The second-order valence-corrected chi connectivity index (χ2v) is 7.20. The lowest BCUT2D eigenvalue weighted by Crippen LogP contribution is -2.36. The zero-order chi connectivity index (χ0) is 19.5. The number of Topliss-reactive ketones (excluding diaryl/α,β-unsaturated/α-hetero) is 1. The Morgan fingerprint density at radius 3 is 2.54 bits per heavy atom. The molecule has 26 heavy (non-hydrogen) atoms. The largest absolute Gasteiger partial charge is 0.471 e. The molecule has 2 aromatic rings. The third-order valence-corrected chi connectivity index (χ3v) is 4.46. The number of halogens is 3. The lowest BCUT2D eigenvalue weighted by atomic mass is 10.1. The highest BCUT2D eigenvalue weighted by Gasteiger charge is 2.38. The molecule has 142 valence electrons. The third-order valence-electron chi connectivity index (χ3n) is 3.40. The van der Waals surface area contributed by atoms with Crippen LogP contribution in [0.4, 0.5) is 13.2 Å². The van der Waals surface area contributed by atoms with Crippen LogP contribution in [0.25, 0.3) is 10.7 Å². The van der Waals surface area contributed by atoms with E-state index in [0.29, 0.717) is 16.3 Å². The predicted molar refractivity (Wildman–Crippen MR) is 88.2 cm³/mol. The summed E-state index contributed by atoms with van der Waals surface area (Å²) in [6, 6.07) is 3.21. The van der Waals surface area contributed by atoms with Crippen molar-refractivity contribution in [2.75, 3.05) is 6.54 Å². The molecule has 0 unspecified atom stereocenters. The van der Waals surface area contributed by atoms with E-state index in [1.807, 2.05) is 13.8 Å². The van der Waals surface area contributed by atoms with Crippen molar-refractivity contribution in [1.29, 1.82) is 0 Å². The fraction of sp³-hybridized carbons (Fsp3) is 0.500. The van der Waals surface area contributed by atoms with Crippen molar-refractivity contribution in [1.82, 2.24) is 15.0 Å². The van der Waals surface area contributed by atoms with Gasteiger partial charge in [0.1, 0.15) is 0 Å². The Labute approximate surface area is 152 Å². The number of hydrogen-bond donors (Lipinski definition) is 0. The summed E-state index contributed by atoms with van der Waals surface area (Å²) in [5, 5.41) is 3.33. The predicted octanol–water partition coefficient (Wildman–Crippen LogP) is 3.78. The summed E-state index contributed by atoms with van der Waals surface area (Å²) in [5.74, 6) is -2.51. The number of likely N-dealkylation sites (N-methyl/N-ethyl adjacent to an activating group) is 1. The van der Waals surface area contributed by atoms with Gasteiger partial charge in [0.25, 0.3) is 5.91 Å². The number of ketones is 1. The summed E-state index contributed by atoms with van der Waals surface area (Å²) in [5.41, 5.74) is 0. The minimum Gasteiger partial charge on any atom is -0.331 e. The molecule has 0 fully saturated rings. The highest BCUT2D eigenvalue weighted by Crippen LogP contribution is 2.32. The normalized spacial score (nSPS) is 11.8. The van der Waals surface area contributed by atoms with Gasteiger partial charge >= 0.3 is 12.1 Å². The Hall–Kier alpha value is -2.23. The SMILES string of the molecule is CCN(Cc1ccc(-c2noc(C(F)(F)F)n2)s1)C(=O)C(=O)CC(C)C. The van der Waals surface area contributed by atoms with Crippen LogP contribution in [0.2, 0.25) is 0 Å². The lowest BCUT2D eigenvalue weighted by Gasteiger charge is -2.19. The number of carbonyl (C=O) groups is 2. The van der Waals surface area contributed by atoms with E-state index in [1.165, 1.54) is 4.90 Å². The monoisotopic (exact) mass is 389 g/mol. The van der Waals surface area contributed by atoms with Gasteiger partial charge in [-0.2, -0.15) is 18.2 Å². The standard InChI is InChI=1S/C16H18F3N3O3S/c1-4-22(14(24)11(23)7-9(2)3)8-10-5-6-12(26-10)13-20-15(25-21-13)16(17,18)19/h5-6,9H,4,7-8H2,1-3H3. The fourth-order valence-electron chi connectivity index (χ4n) is 2.17. The van der Waals surface area contributed by atoms with Crippen LogP contribution in [0.15, 0.2) is 16.7 Å². The summed E-state index contributed by atoms with van der Waals surface area (Å²) >= 11 is 1.14. The van der Waals surface area contributed by atoms with Crippen LogP contribution in [0, 0.1) is 5.92 Å². The van der Waals surface area contributed by atoms with Gasteiger partial charge in [0.2, 0.25) is 11.6 Å². The van der Waals surface area contributed by atoms with E-state index in [0.717, 1.165) is 11.3 Å². The quantitative estimate of drug-likeness (QED) is 0.674. The summed E-state index contributed by atoms with van der Waals surface area (Å²) in [6.07, 6.45) is -4.53. The Balaban J connectivity index is 2.10. The van der Waals surface area contributed by atoms with Crippen LogP contribution in [0.5, 0.6) is 0 Å². The highest BCUT2D eigenvalue weighted by atomic mass is 32.1. The molecule has 1 amide bonds. The molecule has 0 aromatic carbocycles. The van der Waals surface area contributed by atoms with Crippen LogP contribution in [-0.2, 0) is 22.3 Å². The Morgan fingerprint density at radius 1 is 1.31 bits per heavy atom. The molecular weight excluding hydrogens is 371 g/mol. The number of alkyl halides is 3. The molecule has 0 atom stereocenters. The fourth-order valence-corrected chi connectivity index (χ4v) is 3.12. The molecule has 0 radical (unpaired) electrons. The minimum absolute atomic E-state index is 0.0829. The maximum atomic E-state index is 12.5. The van der Waals surface area contributed by atoms with Gasteiger partial charge in [0.05, 0.1) is 11.4 Å². The Kier molecular flexibility index (Phi) is 6.17. The molecular formula is C16H18F3N3O3S. The summed E-state index contributed by atoms with van der Waals surface area (Å²) in [7, 11) is 0. The smallest absolute Gasteiger partial charge is 0.331 e. The van der Waals surface area contributed by atoms with Gasteiger partial charge in [-0.25, -0.2) is 0 Å². The minimum atomic E-state index is -4.70. The molecule has 0 spiro atoms. The number of aromatic nitrogens is 2. The summed E-state index contributed by atoms with van der Waals surface area (Å²) in [6.45, 7) is 5.99. The van der Waals surface area contributed by atoms with Gasteiger partial charge in [-0.1, -0.05) is 19.0 Å². The van der Waals surface area contributed by atoms with E-state index in [-0.39, 0.29) is 24.7 Å². The van der Waals surface area contributed by atoms with E-state index in [2.05, 4.69) is 14.7 Å². The van der Waals surface area contributed by atoms with Crippen molar-refractivity contribution >= 4 is 23.0 Å². The average molecular weight is 389 g/mol. The van der Waals surface area contributed by atoms with E-state index in [1.54, 1.807) is 19.1 Å². The summed E-state index contributed by atoms with van der Waals surface area (Å²) < 4.78 is 41.8. The van der Waals surface area contributed by atoms with Crippen LogP contribution in [0.1, 0.15) is 38.0 Å². The summed E-state index contributed by atoms with van der Waals surface area (Å²) in [4.78, 5) is 30.0. The van der Waals surface area contributed by atoms with Gasteiger partial charge < -0.3 is 9.42 Å². The molecule has 2 rings (SSSR count). The zero-order valence-corrected chi connectivity index (χ0v) is 15.3. The first-order valence-corrected chi connectivity index (χ1v) is 8.75.